The molecule has 0 saturated heterocycles. The Morgan fingerprint density at radius 1 is 0.763 bits per heavy atom. The topological polar surface area (TPSA) is 37.2 Å². The number of benzene rings is 3. The highest BCUT2D eigenvalue weighted by Gasteiger charge is 2.51. The van der Waals surface area contributed by atoms with E-state index in [1.807, 2.05) is 57.4 Å². The summed E-state index contributed by atoms with van der Waals surface area (Å²) in [5.41, 5.74) is 8.63. The van der Waals surface area contributed by atoms with Crippen molar-refractivity contribution >= 4 is 22.9 Å². The van der Waals surface area contributed by atoms with Gasteiger partial charge in [-0.15, -0.1) is 0 Å². The van der Waals surface area contributed by atoms with Gasteiger partial charge in [0, 0.05) is 62.5 Å². The molecule has 0 bridgehead atoms. The SMILES string of the molecule is Cc1c(C2(c3ccc(N(C)C)cc3)OC(=O)c3cc(N(C)C)ccc32)c2ccccn2c1-c1ccccc1. The van der Waals surface area contributed by atoms with Gasteiger partial charge in [0.1, 0.15) is 0 Å². The average Bonchev–Trinajstić information content (AvgIpc) is 3.39. The fourth-order valence-corrected chi connectivity index (χ4v) is 5.80. The van der Waals surface area contributed by atoms with Crippen molar-refractivity contribution in [3.63, 3.8) is 0 Å². The van der Waals surface area contributed by atoms with Crippen LogP contribution in [0.2, 0.25) is 0 Å². The Balaban J connectivity index is 1.72. The Labute approximate surface area is 223 Å². The minimum atomic E-state index is -1.09. The number of nitrogens with zero attached hydrogens (tertiary/aromatic N) is 3. The second-order valence-electron chi connectivity index (χ2n) is 10.3. The average molecular weight is 502 g/mol. The molecule has 0 aliphatic carbocycles. The number of ether oxygens (including phenoxy) is 1. The molecule has 0 spiro atoms. The lowest BCUT2D eigenvalue weighted by Gasteiger charge is -2.31. The van der Waals surface area contributed by atoms with Crippen molar-refractivity contribution in [1.29, 1.82) is 0 Å². The quantitative estimate of drug-likeness (QED) is 0.257. The van der Waals surface area contributed by atoms with Crippen LogP contribution in [-0.4, -0.2) is 38.6 Å². The standard InChI is InChI=1S/C33H31N3O2/c1-22-30(29-13-9-10-20-36(29)31(22)23-11-7-6-8-12-23)33(24-14-16-25(17-15-24)34(2)3)28-19-18-26(35(4)5)21-27(28)32(37)38-33/h6-21H,1-5H3. The number of hydrogen-bond donors (Lipinski definition) is 0. The van der Waals surface area contributed by atoms with E-state index in [-0.39, 0.29) is 5.97 Å². The third kappa shape index (κ3) is 3.42. The Bertz CT molecular complexity index is 1670. The molecule has 1 atom stereocenters. The Kier molecular flexibility index (Phi) is 5.53. The highest BCUT2D eigenvalue weighted by molar-refractivity contribution is 5.98. The fraction of sp³-hybridized carbons (Fsp3) is 0.182. The molecule has 0 radical (unpaired) electrons. The lowest BCUT2D eigenvalue weighted by atomic mass is 9.78. The first-order chi connectivity index (χ1) is 18.3. The number of pyridine rings is 1. The molecule has 5 nitrogen and oxygen atoms in total. The van der Waals surface area contributed by atoms with Gasteiger partial charge in [-0.1, -0.05) is 54.6 Å². The first-order valence-electron chi connectivity index (χ1n) is 12.8. The van der Waals surface area contributed by atoms with Gasteiger partial charge in [0.15, 0.2) is 5.60 Å². The van der Waals surface area contributed by atoms with Crippen LogP contribution in [0, 0.1) is 6.92 Å². The van der Waals surface area contributed by atoms with Crippen molar-refractivity contribution < 1.29 is 9.53 Å². The minimum absolute atomic E-state index is 0.309. The molecule has 38 heavy (non-hydrogen) atoms. The zero-order chi connectivity index (χ0) is 26.6. The number of aromatic nitrogens is 1. The largest absolute Gasteiger partial charge is 0.440 e. The molecule has 0 fully saturated rings. The van der Waals surface area contributed by atoms with Crippen LogP contribution < -0.4 is 9.80 Å². The number of anilines is 2. The summed E-state index contributed by atoms with van der Waals surface area (Å²) in [6, 6.07) is 31.0. The molecule has 0 N–H and O–H groups in total. The third-order valence-electron chi connectivity index (χ3n) is 7.64. The van der Waals surface area contributed by atoms with Gasteiger partial charge in [0.05, 0.1) is 16.8 Å². The lowest BCUT2D eigenvalue weighted by Crippen LogP contribution is -2.30. The van der Waals surface area contributed by atoms with Gasteiger partial charge >= 0.3 is 5.97 Å². The first kappa shape index (κ1) is 23.9. The number of carbonyl (C=O) groups is 1. The van der Waals surface area contributed by atoms with Crippen LogP contribution in [0.4, 0.5) is 11.4 Å². The number of rotatable bonds is 5. The lowest BCUT2D eigenvalue weighted by molar-refractivity contribution is 0.0254. The molecule has 190 valence electrons. The van der Waals surface area contributed by atoms with E-state index in [0.29, 0.717) is 5.56 Å². The summed E-state index contributed by atoms with van der Waals surface area (Å²) in [6.07, 6.45) is 2.09. The summed E-state index contributed by atoms with van der Waals surface area (Å²) >= 11 is 0. The molecule has 1 unspecified atom stereocenters. The zero-order valence-corrected chi connectivity index (χ0v) is 22.4. The first-order valence-corrected chi connectivity index (χ1v) is 12.8. The number of cyclic esters (lactones) is 1. The summed E-state index contributed by atoms with van der Waals surface area (Å²) < 4.78 is 8.80. The van der Waals surface area contributed by atoms with Gasteiger partial charge in [-0.25, -0.2) is 4.79 Å². The molecule has 5 aromatic rings. The Hall–Kier alpha value is -4.51. The molecule has 5 heteroatoms. The van der Waals surface area contributed by atoms with E-state index in [9.17, 15) is 4.79 Å². The molecular formula is C33H31N3O2. The molecule has 3 aromatic carbocycles. The normalized spacial score (nSPS) is 16.4. The number of esters is 1. The van der Waals surface area contributed by atoms with Gasteiger partial charge in [-0.05, 0) is 54.4 Å². The monoisotopic (exact) mass is 501 g/mol. The smallest absolute Gasteiger partial charge is 0.340 e. The van der Waals surface area contributed by atoms with Crippen LogP contribution in [0.15, 0.2) is 97.2 Å². The molecular weight excluding hydrogens is 470 g/mol. The molecule has 1 aliphatic heterocycles. The van der Waals surface area contributed by atoms with Crippen molar-refractivity contribution in [2.24, 2.45) is 0 Å². The van der Waals surface area contributed by atoms with E-state index < -0.39 is 5.60 Å². The molecule has 0 saturated carbocycles. The van der Waals surface area contributed by atoms with Crippen molar-refractivity contribution in [3.8, 4) is 11.3 Å². The summed E-state index contributed by atoms with van der Waals surface area (Å²) in [5.74, 6) is -0.309. The van der Waals surface area contributed by atoms with Gasteiger partial charge in [-0.2, -0.15) is 0 Å². The second-order valence-corrected chi connectivity index (χ2v) is 10.3. The number of carbonyl (C=O) groups excluding carboxylic acids is 1. The van der Waals surface area contributed by atoms with E-state index in [4.69, 9.17) is 4.74 Å². The van der Waals surface area contributed by atoms with Crippen LogP contribution in [0.5, 0.6) is 0 Å². The summed E-state index contributed by atoms with van der Waals surface area (Å²) in [4.78, 5) is 17.7. The van der Waals surface area contributed by atoms with Crippen molar-refractivity contribution in [1.82, 2.24) is 4.40 Å². The maximum absolute atomic E-state index is 13.6. The van der Waals surface area contributed by atoms with Gasteiger partial charge in [0.25, 0.3) is 0 Å². The highest BCUT2D eigenvalue weighted by Crippen LogP contribution is 2.52. The number of hydrogen-bond acceptors (Lipinski definition) is 4. The van der Waals surface area contributed by atoms with Crippen molar-refractivity contribution in [3.05, 3.63) is 125 Å². The Morgan fingerprint density at radius 3 is 2.11 bits per heavy atom. The van der Waals surface area contributed by atoms with E-state index in [2.05, 4.69) is 89.2 Å². The zero-order valence-electron chi connectivity index (χ0n) is 22.4. The van der Waals surface area contributed by atoms with Crippen molar-refractivity contribution in [2.45, 2.75) is 12.5 Å². The second kappa shape index (κ2) is 8.80. The molecule has 0 amide bonds. The van der Waals surface area contributed by atoms with Gasteiger partial charge in [0.2, 0.25) is 0 Å². The van der Waals surface area contributed by atoms with Crippen LogP contribution >= 0.6 is 0 Å². The van der Waals surface area contributed by atoms with E-state index in [0.717, 1.165) is 50.4 Å². The Morgan fingerprint density at radius 2 is 1.42 bits per heavy atom. The predicted molar refractivity (Wildman–Crippen MR) is 154 cm³/mol. The van der Waals surface area contributed by atoms with Crippen molar-refractivity contribution in [2.75, 3.05) is 38.0 Å². The van der Waals surface area contributed by atoms with Gasteiger partial charge < -0.3 is 18.9 Å². The fourth-order valence-electron chi connectivity index (χ4n) is 5.80. The summed E-state index contributed by atoms with van der Waals surface area (Å²) in [6.45, 7) is 2.14. The van der Waals surface area contributed by atoms with Crippen LogP contribution in [-0.2, 0) is 10.3 Å². The molecule has 6 rings (SSSR count). The highest BCUT2D eigenvalue weighted by atomic mass is 16.6. The molecule has 3 heterocycles. The molecule has 1 aliphatic rings. The minimum Gasteiger partial charge on any atom is -0.440 e. The third-order valence-corrected chi connectivity index (χ3v) is 7.64. The maximum atomic E-state index is 13.6. The van der Waals surface area contributed by atoms with Crippen LogP contribution in [0.25, 0.3) is 16.8 Å². The summed E-state index contributed by atoms with van der Waals surface area (Å²) in [7, 11) is 8.01. The van der Waals surface area contributed by atoms with Crippen LogP contribution in [0.3, 0.4) is 0 Å². The maximum Gasteiger partial charge on any atom is 0.340 e. The van der Waals surface area contributed by atoms with Gasteiger partial charge in [-0.3, -0.25) is 0 Å². The van der Waals surface area contributed by atoms with E-state index in [1.165, 1.54) is 0 Å². The predicted octanol–water partition coefficient (Wildman–Crippen LogP) is 6.51. The number of fused-ring (bicyclic) bond motifs is 2. The summed E-state index contributed by atoms with van der Waals surface area (Å²) in [5, 5.41) is 0. The van der Waals surface area contributed by atoms with E-state index in [1.54, 1.807) is 0 Å². The molecule has 2 aromatic heterocycles. The van der Waals surface area contributed by atoms with E-state index >= 15 is 0 Å². The van der Waals surface area contributed by atoms with Crippen LogP contribution in [0.1, 0.15) is 32.6 Å².